The zero-order chi connectivity index (χ0) is 18.8. The Morgan fingerprint density at radius 3 is 2.62 bits per heavy atom. The van der Waals surface area contributed by atoms with E-state index in [1.165, 1.54) is 0 Å². The van der Waals surface area contributed by atoms with Crippen LogP contribution in [0.1, 0.15) is 46.5 Å². The van der Waals surface area contributed by atoms with E-state index in [9.17, 15) is 9.90 Å². The van der Waals surface area contributed by atoms with E-state index in [1.807, 2.05) is 23.6 Å². The molecule has 1 amide bonds. The maximum atomic E-state index is 12.9. The molecule has 3 rings (SSSR count). The first kappa shape index (κ1) is 19.4. The monoisotopic (exact) mass is 362 g/mol. The van der Waals surface area contributed by atoms with Gasteiger partial charge in [0.2, 0.25) is 0 Å². The number of carbonyl (C=O) groups is 1. The largest absolute Gasteiger partial charge is 0.379 e. The summed E-state index contributed by atoms with van der Waals surface area (Å²) in [6.07, 6.45) is 9.39. The van der Waals surface area contributed by atoms with Gasteiger partial charge in [-0.05, 0) is 50.1 Å². The molecule has 2 fully saturated rings. The molecular weight excluding hydrogens is 328 g/mol. The van der Waals surface area contributed by atoms with Crippen LogP contribution in [0.3, 0.4) is 0 Å². The molecule has 1 N–H and O–H groups in total. The van der Waals surface area contributed by atoms with Crippen LogP contribution in [0.2, 0.25) is 0 Å². The fourth-order valence-electron chi connectivity index (χ4n) is 4.33. The molecule has 6 nitrogen and oxygen atoms in total. The lowest BCUT2D eigenvalue weighted by Gasteiger charge is -2.44. The Morgan fingerprint density at radius 2 is 2.00 bits per heavy atom. The lowest BCUT2D eigenvalue weighted by atomic mass is 9.87. The Morgan fingerprint density at radius 1 is 1.27 bits per heavy atom. The third-order valence-electron chi connectivity index (χ3n) is 5.59. The van der Waals surface area contributed by atoms with Crippen molar-refractivity contribution < 1.29 is 9.90 Å². The molecule has 2 saturated heterocycles. The molecule has 0 saturated carbocycles. The Hall–Kier alpha value is -1.40. The molecule has 2 aliphatic rings. The van der Waals surface area contributed by atoms with Gasteiger partial charge < -0.3 is 14.6 Å². The van der Waals surface area contributed by atoms with Gasteiger partial charge in [-0.15, -0.1) is 0 Å². The predicted octanol–water partition coefficient (Wildman–Crippen LogP) is 1.99. The SMILES string of the molecule is CC(C)(C)CN1CCC[C@](O)(CN2CCC(Cn3ccnc3)CC2)C1=O. The van der Waals surface area contributed by atoms with Crippen molar-refractivity contribution in [3.8, 4) is 0 Å². The van der Waals surface area contributed by atoms with Gasteiger partial charge in [-0.2, -0.15) is 0 Å². The number of nitrogens with zero attached hydrogens (tertiary/aromatic N) is 4. The molecule has 1 atom stereocenters. The van der Waals surface area contributed by atoms with Crippen molar-refractivity contribution in [1.29, 1.82) is 0 Å². The number of likely N-dealkylation sites (tertiary alicyclic amines) is 2. The van der Waals surface area contributed by atoms with Crippen LogP contribution in [0, 0.1) is 11.3 Å². The van der Waals surface area contributed by atoms with Crippen LogP contribution in [0.5, 0.6) is 0 Å². The number of aliphatic hydroxyl groups is 1. The Bertz CT molecular complexity index is 587. The minimum absolute atomic E-state index is 0.0551. The topological polar surface area (TPSA) is 61.6 Å². The van der Waals surface area contributed by atoms with Gasteiger partial charge in [0, 0.05) is 38.6 Å². The molecule has 0 unspecified atom stereocenters. The highest BCUT2D eigenvalue weighted by atomic mass is 16.3. The molecule has 146 valence electrons. The number of piperidine rings is 2. The summed E-state index contributed by atoms with van der Waals surface area (Å²) in [6, 6.07) is 0. The Labute approximate surface area is 157 Å². The van der Waals surface area contributed by atoms with Gasteiger partial charge in [-0.1, -0.05) is 20.8 Å². The number of amides is 1. The van der Waals surface area contributed by atoms with Gasteiger partial charge in [0.1, 0.15) is 0 Å². The first-order chi connectivity index (χ1) is 12.3. The van der Waals surface area contributed by atoms with Crippen LogP contribution in [0.25, 0.3) is 0 Å². The predicted molar refractivity (Wildman–Crippen MR) is 102 cm³/mol. The van der Waals surface area contributed by atoms with E-state index in [1.54, 1.807) is 0 Å². The van der Waals surface area contributed by atoms with Crippen molar-refractivity contribution in [1.82, 2.24) is 19.4 Å². The summed E-state index contributed by atoms with van der Waals surface area (Å²) in [4.78, 5) is 21.2. The van der Waals surface area contributed by atoms with Crippen LogP contribution >= 0.6 is 0 Å². The molecule has 0 spiro atoms. The van der Waals surface area contributed by atoms with Crippen molar-refractivity contribution in [2.75, 3.05) is 32.7 Å². The number of aromatic nitrogens is 2. The standard InChI is InChI=1S/C20H34N4O2/c1-19(2,3)14-24-9-4-7-20(26,18(24)25)15-22-10-5-17(6-11-22)13-23-12-8-21-16-23/h8,12,16-17,26H,4-7,9-11,13-15H2,1-3H3/t20-/m0/s1. The molecular formula is C20H34N4O2. The third kappa shape index (κ3) is 4.86. The van der Waals surface area contributed by atoms with Crippen LogP contribution in [0.4, 0.5) is 0 Å². The van der Waals surface area contributed by atoms with Crippen molar-refractivity contribution in [2.24, 2.45) is 11.3 Å². The fraction of sp³-hybridized carbons (Fsp3) is 0.800. The quantitative estimate of drug-likeness (QED) is 0.870. The summed E-state index contributed by atoms with van der Waals surface area (Å²) in [6.45, 7) is 11.3. The zero-order valence-corrected chi connectivity index (χ0v) is 16.5. The maximum Gasteiger partial charge on any atom is 0.255 e. The molecule has 1 aromatic rings. The fourth-order valence-corrected chi connectivity index (χ4v) is 4.33. The molecule has 3 heterocycles. The molecule has 0 aliphatic carbocycles. The summed E-state index contributed by atoms with van der Waals surface area (Å²) >= 11 is 0. The first-order valence-corrected chi connectivity index (χ1v) is 9.95. The Balaban J connectivity index is 1.52. The van der Waals surface area contributed by atoms with E-state index in [-0.39, 0.29) is 11.3 Å². The number of imidazole rings is 1. The lowest BCUT2D eigenvalue weighted by Crippen LogP contribution is -2.60. The molecule has 6 heteroatoms. The minimum atomic E-state index is -1.21. The second kappa shape index (κ2) is 7.69. The molecule has 0 radical (unpaired) electrons. The van der Waals surface area contributed by atoms with Gasteiger partial charge in [-0.3, -0.25) is 9.69 Å². The highest BCUT2D eigenvalue weighted by Gasteiger charge is 2.44. The molecule has 2 aliphatic heterocycles. The van der Waals surface area contributed by atoms with E-state index >= 15 is 0 Å². The van der Waals surface area contributed by atoms with Crippen LogP contribution in [-0.2, 0) is 11.3 Å². The third-order valence-corrected chi connectivity index (χ3v) is 5.59. The lowest BCUT2D eigenvalue weighted by molar-refractivity contribution is -0.161. The second-order valence-electron chi connectivity index (χ2n) is 9.40. The number of rotatable bonds is 5. The maximum absolute atomic E-state index is 12.9. The summed E-state index contributed by atoms with van der Waals surface area (Å²) in [7, 11) is 0. The second-order valence-corrected chi connectivity index (χ2v) is 9.40. The smallest absolute Gasteiger partial charge is 0.255 e. The normalized spacial score (nSPS) is 26.5. The number of carbonyl (C=O) groups excluding carboxylic acids is 1. The summed E-state index contributed by atoms with van der Waals surface area (Å²) in [5.41, 5.74) is -1.15. The number of β-amino-alcohol motifs (C(OH)–C–C–N with tert-alkyl or cyclic N) is 1. The van der Waals surface area contributed by atoms with Crippen LogP contribution in [0.15, 0.2) is 18.7 Å². The summed E-state index contributed by atoms with van der Waals surface area (Å²) in [5, 5.41) is 11.1. The Kier molecular flexibility index (Phi) is 5.72. The first-order valence-electron chi connectivity index (χ1n) is 9.95. The van der Waals surface area contributed by atoms with E-state index in [0.717, 1.165) is 45.4 Å². The van der Waals surface area contributed by atoms with Crippen LogP contribution in [-0.4, -0.2) is 68.7 Å². The number of hydrogen-bond acceptors (Lipinski definition) is 4. The van der Waals surface area contributed by atoms with E-state index < -0.39 is 5.60 Å². The molecule has 0 bridgehead atoms. The highest BCUT2D eigenvalue weighted by molar-refractivity contribution is 5.86. The van der Waals surface area contributed by atoms with Gasteiger partial charge >= 0.3 is 0 Å². The molecule has 0 aromatic carbocycles. The zero-order valence-electron chi connectivity index (χ0n) is 16.5. The van der Waals surface area contributed by atoms with E-state index in [0.29, 0.717) is 25.4 Å². The highest BCUT2D eigenvalue weighted by Crippen LogP contribution is 2.28. The van der Waals surface area contributed by atoms with Gasteiger partial charge in [-0.25, -0.2) is 4.98 Å². The number of hydrogen-bond donors (Lipinski definition) is 1. The van der Waals surface area contributed by atoms with Crippen molar-refractivity contribution in [3.63, 3.8) is 0 Å². The van der Waals surface area contributed by atoms with Crippen LogP contribution < -0.4 is 0 Å². The average Bonchev–Trinajstić information content (AvgIpc) is 3.06. The van der Waals surface area contributed by atoms with E-state index in [2.05, 4.69) is 35.2 Å². The average molecular weight is 363 g/mol. The summed E-state index contributed by atoms with van der Waals surface area (Å²) < 4.78 is 2.14. The van der Waals surface area contributed by atoms with Gasteiger partial charge in [0.25, 0.3) is 5.91 Å². The van der Waals surface area contributed by atoms with Crippen molar-refractivity contribution in [3.05, 3.63) is 18.7 Å². The van der Waals surface area contributed by atoms with Gasteiger partial charge in [0.05, 0.1) is 6.33 Å². The summed E-state index contributed by atoms with van der Waals surface area (Å²) in [5.74, 6) is 0.578. The molecule has 1 aromatic heterocycles. The minimum Gasteiger partial charge on any atom is -0.379 e. The van der Waals surface area contributed by atoms with Crippen molar-refractivity contribution in [2.45, 2.75) is 58.6 Å². The van der Waals surface area contributed by atoms with Gasteiger partial charge in [0.15, 0.2) is 5.60 Å². The molecule has 26 heavy (non-hydrogen) atoms. The van der Waals surface area contributed by atoms with E-state index in [4.69, 9.17) is 0 Å². The van der Waals surface area contributed by atoms with Crippen molar-refractivity contribution >= 4 is 5.91 Å².